The lowest BCUT2D eigenvalue weighted by Gasteiger charge is -2.30. The Morgan fingerprint density at radius 3 is 2.12 bits per heavy atom. The van der Waals surface area contributed by atoms with Gasteiger partial charge in [-0.15, -0.1) is 12.4 Å². The molecular formula is C31H44ClN5O6. The second-order valence-electron chi connectivity index (χ2n) is 11.6. The molecular weight excluding hydrogens is 574 g/mol. The summed E-state index contributed by atoms with van der Waals surface area (Å²) in [6, 6.07) is 6.34. The number of carbonyl (C=O) groups excluding carboxylic acids is 3. The Morgan fingerprint density at radius 2 is 1.53 bits per heavy atom. The summed E-state index contributed by atoms with van der Waals surface area (Å²) in [7, 11) is 0. The number of phenolic OH excluding ortho intramolecular Hbond substituents is 2. The van der Waals surface area contributed by atoms with E-state index in [1.807, 2.05) is 6.92 Å². The van der Waals surface area contributed by atoms with E-state index in [1.165, 1.54) is 18.6 Å². The van der Waals surface area contributed by atoms with Crippen LogP contribution in [0.1, 0.15) is 56.6 Å². The molecule has 12 heteroatoms. The van der Waals surface area contributed by atoms with Crippen molar-refractivity contribution in [3.63, 3.8) is 0 Å². The van der Waals surface area contributed by atoms with Crippen LogP contribution in [0.25, 0.3) is 11.1 Å². The first-order valence-electron chi connectivity index (χ1n) is 14.7. The quantitative estimate of drug-likeness (QED) is 0.237. The summed E-state index contributed by atoms with van der Waals surface area (Å²) in [6.45, 7) is 1.82. The van der Waals surface area contributed by atoms with Gasteiger partial charge in [0.1, 0.15) is 23.6 Å². The van der Waals surface area contributed by atoms with E-state index in [1.54, 1.807) is 24.3 Å². The van der Waals surface area contributed by atoms with Crippen molar-refractivity contribution in [2.24, 2.45) is 17.4 Å². The Hall–Kier alpha value is -3.38. The normalized spacial score (nSPS) is 22.9. The van der Waals surface area contributed by atoms with Gasteiger partial charge in [0.2, 0.25) is 17.7 Å². The van der Waals surface area contributed by atoms with Gasteiger partial charge in [-0.3, -0.25) is 14.4 Å². The van der Waals surface area contributed by atoms with Gasteiger partial charge >= 0.3 is 0 Å². The average Bonchev–Trinajstić information content (AvgIpc) is 2.98. The SMILES string of the molecule is CC(NC(=O)[C@H]1Cc2cc(ccc2O)-c2ccc(O)c(c2)C[C@H](N)C(=O)N[C@H](C[C@@H](O)CN)C(=O)N1)C1CCCCC1.Cl. The van der Waals surface area contributed by atoms with Crippen LogP contribution in [0.2, 0.25) is 0 Å². The molecule has 0 spiro atoms. The molecule has 1 saturated carbocycles. The number of nitrogens with two attached hydrogens (primary N) is 2. The zero-order chi connectivity index (χ0) is 30.4. The van der Waals surface area contributed by atoms with Gasteiger partial charge in [-0.2, -0.15) is 0 Å². The number of amides is 3. The van der Waals surface area contributed by atoms with Gasteiger partial charge in [-0.05, 0) is 72.2 Å². The number of fused-ring (bicyclic) bond motifs is 5. The standard InChI is InChI=1S/C31H43N5O6.ClH/c1-17(18-5-3-2-4-6-18)34-30(41)25-14-22-12-20(8-10-28(22)39)19-7-9-27(38)21(11-19)13-24(33)29(40)35-26(31(42)36-25)15-23(37)16-32;/h7-12,17-18,23-26,37-39H,2-6,13-16,32-33H2,1H3,(H,34,41)(H,35,40)(H,36,42);1H/t17?,23-,24+,25-,26-;/m1./s1. The van der Waals surface area contributed by atoms with E-state index in [9.17, 15) is 29.7 Å². The average molecular weight is 618 g/mol. The number of aliphatic hydroxyl groups excluding tert-OH is 1. The molecule has 11 nitrogen and oxygen atoms in total. The number of carbonyl (C=O) groups is 3. The third-order valence-electron chi connectivity index (χ3n) is 8.47. The van der Waals surface area contributed by atoms with Crippen molar-refractivity contribution < 1.29 is 29.7 Å². The van der Waals surface area contributed by atoms with Gasteiger partial charge in [0.15, 0.2) is 0 Å². The lowest BCUT2D eigenvalue weighted by Crippen LogP contribution is -2.58. The number of halogens is 1. The highest BCUT2D eigenvalue weighted by Crippen LogP contribution is 2.31. The van der Waals surface area contributed by atoms with E-state index in [4.69, 9.17) is 11.5 Å². The molecule has 0 aromatic heterocycles. The molecule has 1 unspecified atom stereocenters. The Labute approximate surface area is 258 Å². The number of rotatable bonds is 6. The van der Waals surface area contributed by atoms with Crippen molar-refractivity contribution in [2.75, 3.05) is 6.54 Å². The summed E-state index contributed by atoms with van der Waals surface area (Å²) in [5.74, 6) is -1.52. The second kappa shape index (κ2) is 15.4. The molecule has 2 aromatic carbocycles. The molecule has 10 N–H and O–H groups in total. The number of nitrogens with one attached hydrogen (secondary N) is 3. The van der Waals surface area contributed by atoms with Gasteiger partial charge in [0, 0.05) is 31.8 Å². The first-order valence-corrected chi connectivity index (χ1v) is 14.7. The van der Waals surface area contributed by atoms with Crippen LogP contribution in [-0.2, 0) is 27.2 Å². The van der Waals surface area contributed by atoms with E-state index in [2.05, 4.69) is 16.0 Å². The number of phenols is 2. The van der Waals surface area contributed by atoms with Crippen molar-refractivity contribution in [3.8, 4) is 22.6 Å². The maximum absolute atomic E-state index is 13.7. The summed E-state index contributed by atoms with van der Waals surface area (Å²) in [5.41, 5.74) is 14.1. The first kappa shape index (κ1) is 34.1. The lowest BCUT2D eigenvalue weighted by molar-refractivity contribution is -0.133. The molecule has 236 valence electrons. The predicted molar refractivity (Wildman–Crippen MR) is 166 cm³/mol. The third kappa shape index (κ3) is 8.82. The Bertz CT molecular complexity index is 1290. The zero-order valence-electron chi connectivity index (χ0n) is 24.4. The van der Waals surface area contributed by atoms with Crippen LogP contribution in [0.5, 0.6) is 11.5 Å². The van der Waals surface area contributed by atoms with Crippen molar-refractivity contribution >= 4 is 30.1 Å². The molecule has 2 aromatic rings. The molecule has 1 aliphatic heterocycles. The van der Waals surface area contributed by atoms with Crippen LogP contribution in [-0.4, -0.2) is 69.9 Å². The van der Waals surface area contributed by atoms with Gasteiger partial charge < -0.3 is 42.7 Å². The number of hydrogen-bond donors (Lipinski definition) is 8. The van der Waals surface area contributed by atoms with Crippen molar-refractivity contribution in [2.45, 2.75) is 88.6 Å². The van der Waals surface area contributed by atoms with Crippen LogP contribution in [0.3, 0.4) is 0 Å². The van der Waals surface area contributed by atoms with Gasteiger partial charge in [0.25, 0.3) is 0 Å². The second-order valence-corrected chi connectivity index (χ2v) is 11.6. The fourth-order valence-corrected chi connectivity index (χ4v) is 5.84. The molecule has 1 heterocycles. The Morgan fingerprint density at radius 1 is 0.953 bits per heavy atom. The lowest BCUT2D eigenvalue weighted by atomic mass is 9.84. The summed E-state index contributed by atoms with van der Waals surface area (Å²) in [5, 5.41) is 39.9. The molecule has 1 fully saturated rings. The highest BCUT2D eigenvalue weighted by molar-refractivity contribution is 5.93. The Kier molecular flexibility index (Phi) is 12.2. The highest BCUT2D eigenvalue weighted by Gasteiger charge is 2.32. The van der Waals surface area contributed by atoms with E-state index in [0.29, 0.717) is 28.2 Å². The monoisotopic (exact) mass is 617 g/mol. The maximum atomic E-state index is 13.7. The molecule has 3 amide bonds. The van der Waals surface area contributed by atoms with E-state index in [0.717, 1.165) is 25.7 Å². The molecule has 0 radical (unpaired) electrons. The number of hydrogen-bond acceptors (Lipinski definition) is 8. The first-order chi connectivity index (χ1) is 20.0. The largest absolute Gasteiger partial charge is 0.508 e. The van der Waals surface area contributed by atoms with Gasteiger partial charge in [0.05, 0.1) is 12.1 Å². The zero-order valence-corrected chi connectivity index (χ0v) is 25.2. The topological polar surface area (TPSA) is 200 Å². The van der Waals surface area contributed by atoms with Crippen molar-refractivity contribution in [3.05, 3.63) is 47.5 Å². The summed E-state index contributed by atoms with van der Waals surface area (Å²) >= 11 is 0. The fourth-order valence-electron chi connectivity index (χ4n) is 5.84. The molecule has 5 atom stereocenters. The summed E-state index contributed by atoms with van der Waals surface area (Å²) < 4.78 is 0. The molecule has 4 bridgehead atoms. The van der Waals surface area contributed by atoms with Gasteiger partial charge in [-0.25, -0.2) is 0 Å². The predicted octanol–water partition coefficient (Wildman–Crippen LogP) is 1.38. The third-order valence-corrected chi connectivity index (χ3v) is 8.47. The van der Waals surface area contributed by atoms with Crippen LogP contribution < -0.4 is 27.4 Å². The number of aromatic hydroxyl groups is 2. The molecule has 43 heavy (non-hydrogen) atoms. The number of benzene rings is 2. The minimum Gasteiger partial charge on any atom is -0.508 e. The smallest absolute Gasteiger partial charge is 0.243 e. The molecule has 2 aliphatic rings. The number of aliphatic hydroxyl groups is 1. The van der Waals surface area contributed by atoms with Crippen LogP contribution >= 0.6 is 12.4 Å². The van der Waals surface area contributed by atoms with Gasteiger partial charge in [-0.1, -0.05) is 31.4 Å². The Balaban J connectivity index is 0.00000506. The van der Waals surface area contributed by atoms with Crippen LogP contribution in [0, 0.1) is 5.92 Å². The highest BCUT2D eigenvalue weighted by atomic mass is 35.5. The molecule has 1 aliphatic carbocycles. The molecule has 0 saturated heterocycles. The van der Waals surface area contributed by atoms with Crippen LogP contribution in [0.4, 0.5) is 0 Å². The minimum absolute atomic E-state index is 0. The summed E-state index contributed by atoms with van der Waals surface area (Å²) in [4.78, 5) is 40.3. The fraction of sp³-hybridized carbons (Fsp3) is 0.516. The van der Waals surface area contributed by atoms with E-state index >= 15 is 0 Å². The van der Waals surface area contributed by atoms with Crippen molar-refractivity contribution in [1.29, 1.82) is 0 Å². The molecule has 4 rings (SSSR count). The maximum Gasteiger partial charge on any atom is 0.243 e. The summed E-state index contributed by atoms with van der Waals surface area (Å²) in [6.07, 6.45) is 4.08. The minimum atomic E-state index is -1.24. The van der Waals surface area contributed by atoms with Crippen molar-refractivity contribution in [1.82, 2.24) is 16.0 Å². The van der Waals surface area contributed by atoms with E-state index in [-0.39, 0.29) is 55.8 Å². The van der Waals surface area contributed by atoms with E-state index < -0.39 is 42.0 Å². The van der Waals surface area contributed by atoms with Crippen LogP contribution in [0.15, 0.2) is 36.4 Å².